The number of fused-ring (bicyclic) bond motifs is 6. The first-order chi connectivity index (χ1) is 33.4. The predicted octanol–water partition coefficient (Wildman–Crippen LogP) is 6.53. The van der Waals surface area contributed by atoms with Gasteiger partial charge in [0, 0.05) is 61.5 Å². The molecule has 71 heavy (non-hydrogen) atoms. The fourth-order valence-electron chi connectivity index (χ4n) is 9.01. The molecule has 4 atom stereocenters. The summed E-state index contributed by atoms with van der Waals surface area (Å²) >= 11 is 0. The van der Waals surface area contributed by atoms with Crippen molar-refractivity contribution < 1.29 is 46.6 Å². The van der Waals surface area contributed by atoms with E-state index in [9.17, 15) is 32.3 Å². The Morgan fingerprint density at radius 2 is 1.82 bits per heavy atom. The maximum atomic E-state index is 14.7. The molecule has 3 amide bonds. The van der Waals surface area contributed by atoms with Gasteiger partial charge in [0.05, 0.1) is 65.0 Å². The summed E-state index contributed by atoms with van der Waals surface area (Å²) in [6, 6.07) is 12.1. The van der Waals surface area contributed by atoms with Crippen molar-refractivity contribution >= 4 is 34.7 Å². The minimum Gasteiger partial charge on any atom is -0.464 e. The molecule has 15 nitrogen and oxygen atoms in total. The zero-order chi connectivity index (χ0) is 51.6. The van der Waals surface area contributed by atoms with Crippen LogP contribution in [0.3, 0.4) is 0 Å². The second-order valence-electron chi connectivity index (χ2n) is 20.9. The summed E-state index contributed by atoms with van der Waals surface area (Å²) in [7, 11) is 5.31. The number of pyridine rings is 2. The number of carbonyl (C=O) groups excluding carboxylic acids is 4. The van der Waals surface area contributed by atoms with E-state index in [0.29, 0.717) is 70.8 Å². The van der Waals surface area contributed by atoms with Crippen LogP contribution in [0.5, 0.6) is 0 Å². The van der Waals surface area contributed by atoms with Gasteiger partial charge in [0.2, 0.25) is 5.91 Å². The van der Waals surface area contributed by atoms with Crippen LogP contribution >= 0.6 is 0 Å². The molecule has 7 rings (SSSR count). The van der Waals surface area contributed by atoms with Crippen LogP contribution in [-0.4, -0.2) is 137 Å². The summed E-state index contributed by atoms with van der Waals surface area (Å²) in [5.41, 5.74) is 5.91. The van der Waals surface area contributed by atoms with E-state index in [1.807, 2.05) is 84.8 Å². The third-order valence-corrected chi connectivity index (χ3v) is 13.8. The molecule has 0 aliphatic carbocycles. The number of alkyl halides is 3. The molecule has 2 saturated heterocycles. The minimum atomic E-state index is -4.61. The summed E-state index contributed by atoms with van der Waals surface area (Å²) < 4.78 is 63.1. The molecule has 6 bridgehead atoms. The van der Waals surface area contributed by atoms with Gasteiger partial charge in [-0.1, -0.05) is 51.8 Å². The number of carbonyl (C=O) groups is 4. The average Bonchev–Trinajstić information content (AvgIpc) is 3.58. The van der Waals surface area contributed by atoms with Crippen molar-refractivity contribution in [1.29, 1.82) is 0 Å². The van der Waals surface area contributed by atoms with E-state index in [4.69, 9.17) is 19.2 Å². The lowest BCUT2D eigenvalue weighted by Crippen LogP contribution is -2.61. The Morgan fingerprint density at radius 1 is 1.07 bits per heavy atom. The Morgan fingerprint density at radius 3 is 2.51 bits per heavy atom. The third-order valence-electron chi connectivity index (χ3n) is 13.8. The number of hydrogen-bond donors (Lipinski definition) is 2. The minimum absolute atomic E-state index is 0.0498. The molecule has 3 aromatic heterocycles. The number of rotatable bonds is 11. The van der Waals surface area contributed by atoms with Crippen LogP contribution in [0.1, 0.15) is 84.2 Å². The molecule has 3 aliphatic rings. The highest BCUT2D eigenvalue weighted by molar-refractivity contribution is 5.94. The Bertz CT molecular complexity index is 2680. The van der Waals surface area contributed by atoms with Crippen LogP contribution in [0.25, 0.3) is 33.5 Å². The molecule has 0 radical (unpaired) electrons. The van der Waals surface area contributed by atoms with Gasteiger partial charge in [0.15, 0.2) is 0 Å². The number of amides is 3. The van der Waals surface area contributed by atoms with E-state index >= 15 is 0 Å². The van der Waals surface area contributed by atoms with E-state index in [1.165, 1.54) is 16.7 Å². The molecule has 4 aromatic rings. The maximum Gasteiger partial charge on any atom is 0.406 e. The van der Waals surface area contributed by atoms with Gasteiger partial charge >= 0.3 is 12.1 Å². The highest BCUT2D eigenvalue weighted by Gasteiger charge is 2.39. The number of hydrogen-bond acceptors (Lipinski definition) is 11. The summed E-state index contributed by atoms with van der Waals surface area (Å²) in [6.07, 6.45) is -2.81. The first-order valence-electron chi connectivity index (χ1n) is 24.3. The summed E-state index contributed by atoms with van der Waals surface area (Å²) in [5, 5.41) is 4.41. The number of halogens is 3. The Labute approximate surface area is 414 Å². The SMILES string of the molecule is CO[C@@H](C)c1ncccc1-c1c2c3nc(ccc3n1CC(F)(F)F)-c1cccc(c1)C[C@H](NC(=O)C(COC1CN(C(=O)C#CC(C)(C)N(C)C)C1)C(C)C)C(=O)N1CCC[C@H](N1)C(=O)OCC(C)(C)C2. The molecular formula is C53H67F3N8O7. The zero-order valence-electron chi connectivity index (χ0n) is 42.4. The topological polar surface area (TPSA) is 160 Å². The summed E-state index contributed by atoms with van der Waals surface area (Å²) in [4.78, 5) is 68.9. The smallest absolute Gasteiger partial charge is 0.406 e. The maximum absolute atomic E-state index is 14.7. The number of benzene rings is 1. The van der Waals surface area contributed by atoms with Crippen LogP contribution in [-0.2, 0) is 52.8 Å². The number of nitrogens with zero attached hydrogens (tertiary/aromatic N) is 6. The predicted molar refractivity (Wildman–Crippen MR) is 262 cm³/mol. The Balaban J connectivity index is 1.23. The number of cyclic esters (lactones) is 1. The average molecular weight is 985 g/mol. The van der Waals surface area contributed by atoms with Gasteiger partial charge in [0.1, 0.15) is 18.6 Å². The number of ether oxygens (including phenoxy) is 3. The molecule has 1 unspecified atom stereocenters. The van der Waals surface area contributed by atoms with Crippen molar-refractivity contribution in [2.24, 2.45) is 17.3 Å². The van der Waals surface area contributed by atoms with Gasteiger partial charge in [-0.15, -0.1) is 0 Å². The number of hydrazine groups is 1. The second kappa shape index (κ2) is 21.5. The van der Waals surface area contributed by atoms with Crippen molar-refractivity contribution in [3.63, 3.8) is 0 Å². The molecule has 1 aromatic carbocycles. The van der Waals surface area contributed by atoms with E-state index in [0.717, 1.165) is 0 Å². The number of likely N-dealkylation sites (tertiary alicyclic amines) is 1. The van der Waals surface area contributed by atoms with E-state index in [-0.39, 0.29) is 56.0 Å². The van der Waals surface area contributed by atoms with Crippen molar-refractivity contribution in [1.82, 2.24) is 40.1 Å². The Kier molecular flexibility index (Phi) is 16.0. The molecule has 0 spiro atoms. The number of esters is 1. The van der Waals surface area contributed by atoms with Gasteiger partial charge < -0.3 is 29.0 Å². The summed E-state index contributed by atoms with van der Waals surface area (Å²) in [6.45, 7) is 12.8. The molecule has 3 aliphatic heterocycles. The van der Waals surface area contributed by atoms with Crippen LogP contribution in [0.2, 0.25) is 0 Å². The Hall–Kier alpha value is -5.87. The largest absolute Gasteiger partial charge is 0.464 e. The van der Waals surface area contributed by atoms with Crippen LogP contribution in [0, 0.1) is 29.1 Å². The van der Waals surface area contributed by atoms with E-state index < -0.39 is 65.6 Å². The van der Waals surface area contributed by atoms with Crippen molar-refractivity contribution in [2.75, 3.05) is 54.1 Å². The fraction of sp³-hybridized carbons (Fsp3) is 0.547. The molecule has 0 saturated carbocycles. The van der Waals surface area contributed by atoms with Crippen LogP contribution < -0.4 is 10.7 Å². The molecular weight excluding hydrogens is 918 g/mol. The quantitative estimate of drug-likeness (QED) is 0.124. The molecule has 18 heteroatoms. The van der Waals surface area contributed by atoms with Crippen molar-refractivity contribution in [3.8, 4) is 34.4 Å². The monoisotopic (exact) mass is 985 g/mol. The lowest BCUT2D eigenvalue weighted by Gasteiger charge is -2.39. The standard InChI is InChI=1S/C53H67F3N8O7/c1-32(2)39(29-70-36-27-62(28-36)44(65)20-21-52(6,7)61(8)9)48(66)59-42-25-34-14-11-15-35(24-34)40-18-19-43-46(58-40)38(26-51(4,5)31-71-50(68)41-17-13-23-64(60-41)49(42)67)47(63(43)30-53(54,55)56)37-16-12-22-57-45(37)33(3)69-10/h11-12,14-16,18-19,22,24,32-33,36,39,41-42,60H,13,17,23,25-31H2,1-10H3,(H,59,66)/t33-,39?,41-,42-/m0/s1. The third kappa shape index (κ3) is 12.4. The summed E-state index contributed by atoms with van der Waals surface area (Å²) in [5.74, 6) is 3.18. The van der Waals surface area contributed by atoms with Crippen LogP contribution in [0.15, 0.2) is 54.7 Å². The van der Waals surface area contributed by atoms with Crippen molar-refractivity contribution in [3.05, 3.63) is 71.5 Å². The lowest BCUT2D eigenvalue weighted by molar-refractivity contribution is -0.155. The number of aromatic nitrogens is 3. The first-order valence-corrected chi connectivity index (χ1v) is 24.3. The number of nitrogens with one attached hydrogen (secondary N) is 2. The van der Waals surface area contributed by atoms with Gasteiger partial charge in [-0.3, -0.25) is 34.1 Å². The molecule has 2 fully saturated rings. The van der Waals surface area contributed by atoms with Crippen LogP contribution in [0.4, 0.5) is 13.2 Å². The lowest BCUT2D eigenvalue weighted by atomic mass is 9.85. The van der Waals surface area contributed by atoms with Gasteiger partial charge in [-0.2, -0.15) is 13.2 Å². The normalized spacial score (nSPS) is 19.9. The zero-order valence-corrected chi connectivity index (χ0v) is 42.4. The highest BCUT2D eigenvalue weighted by atomic mass is 19.4. The van der Waals surface area contributed by atoms with Crippen molar-refractivity contribution in [2.45, 2.75) is 117 Å². The van der Waals surface area contributed by atoms with Gasteiger partial charge in [-0.25, -0.2) is 10.4 Å². The number of methoxy groups -OCH3 is 1. The second-order valence-corrected chi connectivity index (χ2v) is 20.9. The molecule has 6 heterocycles. The van der Waals surface area contributed by atoms with E-state index in [2.05, 4.69) is 27.6 Å². The molecule has 382 valence electrons. The fourth-order valence-corrected chi connectivity index (χ4v) is 9.01. The molecule has 2 N–H and O–H groups in total. The van der Waals surface area contributed by atoms with E-state index in [1.54, 1.807) is 42.3 Å². The first kappa shape index (κ1) is 52.9. The van der Waals surface area contributed by atoms with Gasteiger partial charge in [-0.05, 0) is 102 Å². The highest BCUT2D eigenvalue weighted by Crippen LogP contribution is 2.42. The van der Waals surface area contributed by atoms with Gasteiger partial charge in [0.25, 0.3) is 11.8 Å².